The fraction of sp³-hybridized carbons (Fsp3) is 0.207. The van der Waals surface area contributed by atoms with Crippen molar-refractivity contribution in [2.45, 2.75) is 27.3 Å². The molecule has 5 rings (SSSR count). The van der Waals surface area contributed by atoms with Crippen LogP contribution in [0.5, 0.6) is 5.88 Å². The number of rotatable bonds is 9. The Bertz CT molecular complexity index is 1640. The molecule has 3 heterocycles. The molecule has 0 saturated heterocycles. The summed E-state index contributed by atoms with van der Waals surface area (Å²) >= 11 is 0. The van der Waals surface area contributed by atoms with E-state index >= 15 is 0 Å². The lowest BCUT2D eigenvalue weighted by Gasteiger charge is -2.23. The van der Waals surface area contributed by atoms with Gasteiger partial charge < -0.3 is 15.4 Å². The summed E-state index contributed by atoms with van der Waals surface area (Å²) in [5, 5.41) is 19.9. The number of pyridine rings is 2. The minimum Gasteiger partial charge on any atom is -0.477 e. The highest BCUT2D eigenvalue weighted by atomic mass is 16.5. The van der Waals surface area contributed by atoms with E-state index in [0.29, 0.717) is 22.8 Å². The largest absolute Gasteiger partial charge is 0.477 e. The van der Waals surface area contributed by atoms with Gasteiger partial charge >= 0.3 is 0 Å². The SMILES string of the molecule is Cc1cc(C(=O)Nc2ccccc2)c2ccc(-c3ccc(OCC(C)(C)C(=O)NCc4nn[nH]n4)nc3)cc2n1. The second kappa shape index (κ2) is 11.3. The topological polar surface area (TPSA) is 148 Å². The third kappa shape index (κ3) is 6.09. The van der Waals surface area contributed by atoms with Gasteiger partial charge in [-0.25, -0.2) is 4.98 Å². The van der Waals surface area contributed by atoms with Crippen molar-refractivity contribution in [1.82, 2.24) is 35.9 Å². The van der Waals surface area contributed by atoms with Gasteiger partial charge in [-0.05, 0) is 56.7 Å². The Morgan fingerprint density at radius 2 is 1.80 bits per heavy atom. The highest BCUT2D eigenvalue weighted by Crippen LogP contribution is 2.27. The van der Waals surface area contributed by atoms with Crippen LogP contribution in [0.4, 0.5) is 5.69 Å². The van der Waals surface area contributed by atoms with Crippen LogP contribution in [0.2, 0.25) is 0 Å². The Morgan fingerprint density at radius 1 is 1.00 bits per heavy atom. The molecule has 5 aromatic rings. The Morgan fingerprint density at radius 3 is 2.52 bits per heavy atom. The zero-order chi connectivity index (χ0) is 28.1. The lowest BCUT2D eigenvalue weighted by Crippen LogP contribution is -2.40. The number of carbonyl (C=O) groups is 2. The van der Waals surface area contributed by atoms with Crippen molar-refractivity contribution < 1.29 is 14.3 Å². The first-order valence-electron chi connectivity index (χ1n) is 12.7. The lowest BCUT2D eigenvalue weighted by molar-refractivity contribution is -0.131. The van der Waals surface area contributed by atoms with Crippen LogP contribution in [0.25, 0.3) is 22.0 Å². The molecule has 0 aliphatic carbocycles. The first-order chi connectivity index (χ1) is 19.3. The minimum atomic E-state index is -0.809. The number of carbonyl (C=O) groups excluding carboxylic acids is 2. The average molecular weight is 537 g/mol. The Kier molecular flexibility index (Phi) is 7.45. The van der Waals surface area contributed by atoms with Gasteiger partial charge in [0.05, 0.1) is 23.0 Å². The van der Waals surface area contributed by atoms with Crippen molar-refractivity contribution in [3.05, 3.63) is 90.0 Å². The van der Waals surface area contributed by atoms with E-state index in [9.17, 15) is 9.59 Å². The van der Waals surface area contributed by atoms with Crippen molar-refractivity contribution in [3.8, 4) is 17.0 Å². The maximum Gasteiger partial charge on any atom is 0.256 e. The smallest absolute Gasteiger partial charge is 0.256 e. The molecule has 2 aromatic carbocycles. The van der Waals surface area contributed by atoms with E-state index < -0.39 is 5.41 Å². The summed E-state index contributed by atoms with van der Waals surface area (Å²) in [7, 11) is 0. The van der Waals surface area contributed by atoms with Crippen LogP contribution in [0.1, 0.15) is 35.7 Å². The molecular weight excluding hydrogens is 508 g/mol. The Balaban J connectivity index is 1.27. The molecule has 3 N–H and O–H groups in total. The number of nitrogens with zero attached hydrogens (tertiary/aromatic N) is 5. The van der Waals surface area contributed by atoms with E-state index in [1.165, 1.54) is 0 Å². The molecular formula is C29H28N8O3. The second-order valence-corrected chi connectivity index (χ2v) is 9.93. The van der Waals surface area contributed by atoms with Crippen LogP contribution in [0, 0.1) is 12.3 Å². The first kappa shape index (κ1) is 26.4. The molecule has 0 saturated carbocycles. The summed E-state index contributed by atoms with van der Waals surface area (Å²) in [4.78, 5) is 34.7. The molecule has 0 bridgehead atoms. The number of tetrazole rings is 1. The van der Waals surface area contributed by atoms with E-state index in [1.807, 2.05) is 61.5 Å². The van der Waals surface area contributed by atoms with Crippen LogP contribution >= 0.6 is 0 Å². The van der Waals surface area contributed by atoms with Gasteiger partial charge in [0.1, 0.15) is 6.61 Å². The molecule has 0 spiro atoms. The molecule has 0 aliphatic rings. The normalized spacial score (nSPS) is 11.3. The molecule has 0 fully saturated rings. The van der Waals surface area contributed by atoms with Gasteiger partial charge in [0.2, 0.25) is 11.8 Å². The molecule has 2 amide bonds. The third-order valence-electron chi connectivity index (χ3n) is 6.28. The lowest BCUT2D eigenvalue weighted by atomic mass is 9.93. The zero-order valence-electron chi connectivity index (χ0n) is 22.3. The first-order valence-corrected chi connectivity index (χ1v) is 12.7. The number of aryl methyl sites for hydroxylation is 1. The molecule has 0 aliphatic heterocycles. The summed E-state index contributed by atoms with van der Waals surface area (Å²) in [5.41, 5.74) is 3.71. The zero-order valence-corrected chi connectivity index (χ0v) is 22.3. The fourth-order valence-electron chi connectivity index (χ4n) is 4.06. The van der Waals surface area contributed by atoms with Gasteiger partial charge in [-0.2, -0.15) is 5.21 Å². The van der Waals surface area contributed by atoms with Crippen LogP contribution in [-0.2, 0) is 11.3 Å². The molecule has 11 heteroatoms. The summed E-state index contributed by atoms with van der Waals surface area (Å²) in [6.07, 6.45) is 1.71. The van der Waals surface area contributed by atoms with Crippen LogP contribution < -0.4 is 15.4 Å². The Labute approximate surface area is 230 Å². The summed E-state index contributed by atoms with van der Waals surface area (Å²) < 4.78 is 5.82. The number of hydrogen-bond donors (Lipinski definition) is 3. The Hall–Kier alpha value is -5.19. The number of anilines is 1. The highest BCUT2D eigenvalue weighted by Gasteiger charge is 2.29. The number of aromatic amines is 1. The van der Waals surface area contributed by atoms with Crippen LogP contribution in [0.15, 0.2) is 72.9 Å². The molecule has 11 nitrogen and oxygen atoms in total. The standard InChI is InChI=1S/C29H28N8O3/c1-18-13-23(27(38)33-21-7-5-4-6-8-21)22-11-9-19(14-24(22)32-18)20-10-12-26(30-15-20)40-17-29(2,3)28(39)31-16-25-34-36-37-35-25/h4-15H,16-17H2,1-3H3,(H,31,39)(H,33,38)(H,34,35,36,37). The average Bonchev–Trinajstić information content (AvgIpc) is 3.48. The predicted octanol–water partition coefficient (Wildman–Crippen LogP) is 4.09. The number of aromatic nitrogens is 6. The van der Waals surface area contributed by atoms with Crippen LogP contribution in [0.3, 0.4) is 0 Å². The quantitative estimate of drug-likeness (QED) is 0.255. The van der Waals surface area contributed by atoms with Crippen molar-refractivity contribution in [2.75, 3.05) is 11.9 Å². The van der Waals surface area contributed by atoms with Crippen molar-refractivity contribution in [1.29, 1.82) is 0 Å². The molecule has 0 unspecified atom stereocenters. The predicted molar refractivity (Wildman–Crippen MR) is 149 cm³/mol. The minimum absolute atomic E-state index is 0.129. The van der Waals surface area contributed by atoms with Gasteiger partial charge in [0.25, 0.3) is 5.91 Å². The van der Waals surface area contributed by atoms with Gasteiger partial charge in [-0.3, -0.25) is 14.6 Å². The molecule has 0 atom stereocenters. The maximum absolute atomic E-state index is 13.0. The third-order valence-corrected chi connectivity index (χ3v) is 6.28. The van der Waals surface area contributed by atoms with E-state index in [-0.39, 0.29) is 25.0 Å². The molecule has 3 aromatic heterocycles. The van der Waals surface area contributed by atoms with Crippen LogP contribution in [-0.4, -0.2) is 49.0 Å². The monoisotopic (exact) mass is 536 g/mol. The molecule has 0 radical (unpaired) electrons. The van der Waals surface area contributed by atoms with E-state index in [4.69, 9.17) is 4.74 Å². The van der Waals surface area contributed by atoms with Crippen molar-refractivity contribution in [2.24, 2.45) is 5.41 Å². The maximum atomic E-state index is 13.0. The summed E-state index contributed by atoms with van der Waals surface area (Å²) in [6.45, 7) is 5.73. The van der Waals surface area contributed by atoms with E-state index in [0.717, 1.165) is 27.9 Å². The van der Waals surface area contributed by atoms with E-state index in [1.54, 1.807) is 32.2 Å². The van der Waals surface area contributed by atoms with Gasteiger partial charge in [-0.1, -0.05) is 35.5 Å². The van der Waals surface area contributed by atoms with Crippen molar-refractivity contribution in [3.63, 3.8) is 0 Å². The van der Waals surface area contributed by atoms with Gasteiger partial charge in [-0.15, -0.1) is 10.2 Å². The second-order valence-electron chi connectivity index (χ2n) is 9.93. The number of hydrogen-bond acceptors (Lipinski definition) is 8. The summed E-state index contributed by atoms with van der Waals surface area (Å²) in [6, 6.07) is 20.6. The number of amides is 2. The number of H-pyrrole nitrogens is 1. The summed E-state index contributed by atoms with van der Waals surface area (Å²) in [5.74, 6) is 0.402. The number of nitrogens with one attached hydrogen (secondary N) is 3. The number of para-hydroxylation sites is 1. The molecule has 202 valence electrons. The van der Waals surface area contributed by atoms with Gasteiger partial charge in [0, 0.05) is 34.6 Å². The molecule has 40 heavy (non-hydrogen) atoms. The number of benzene rings is 2. The van der Waals surface area contributed by atoms with Crippen molar-refractivity contribution >= 4 is 28.4 Å². The van der Waals surface area contributed by atoms with E-state index in [2.05, 4.69) is 41.2 Å². The van der Waals surface area contributed by atoms with Gasteiger partial charge in [0.15, 0.2) is 5.82 Å². The number of fused-ring (bicyclic) bond motifs is 1. The highest BCUT2D eigenvalue weighted by molar-refractivity contribution is 6.12. The fourth-order valence-corrected chi connectivity index (χ4v) is 4.06. The number of ether oxygens (including phenoxy) is 1.